The molecule has 0 radical (unpaired) electrons. The predicted octanol–water partition coefficient (Wildman–Crippen LogP) is 2.32. The summed E-state index contributed by atoms with van der Waals surface area (Å²) in [5, 5.41) is 11.7. The van der Waals surface area contributed by atoms with Crippen LogP contribution in [0.2, 0.25) is 0 Å². The maximum Gasteiger partial charge on any atom is 0.329 e. The van der Waals surface area contributed by atoms with Gasteiger partial charge in [-0.05, 0) is 56.4 Å². The number of anilines is 1. The number of carbonyl (C=O) groups excluding carboxylic acids is 1. The molecule has 0 bridgehead atoms. The number of carboxylic acid groups (broad SMARTS) is 1. The van der Waals surface area contributed by atoms with E-state index in [1.165, 1.54) is 0 Å². The van der Waals surface area contributed by atoms with Gasteiger partial charge in [-0.2, -0.15) is 0 Å². The summed E-state index contributed by atoms with van der Waals surface area (Å²) in [4.78, 5) is 23.2. The Bertz CT molecular complexity index is 619. The number of nitrogens with one attached hydrogen (secondary N) is 1. The van der Waals surface area contributed by atoms with Crippen LogP contribution in [0.4, 0.5) is 5.69 Å². The van der Waals surface area contributed by atoms with Gasteiger partial charge in [0.1, 0.15) is 12.4 Å². The number of carbonyl (C=O) groups is 2. The molecule has 0 saturated heterocycles. The van der Waals surface area contributed by atoms with Crippen LogP contribution in [0.15, 0.2) is 18.2 Å². The van der Waals surface area contributed by atoms with Gasteiger partial charge < -0.3 is 19.9 Å². The summed E-state index contributed by atoms with van der Waals surface area (Å²) < 4.78 is 10.9. The zero-order valence-corrected chi connectivity index (χ0v) is 13.1. The van der Waals surface area contributed by atoms with Crippen LogP contribution in [0.25, 0.3) is 0 Å². The third kappa shape index (κ3) is 2.91. The number of ether oxygens (including phenoxy) is 2. The van der Waals surface area contributed by atoms with Crippen LogP contribution >= 0.6 is 0 Å². The molecule has 1 aliphatic heterocycles. The fourth-order valence-corrected chi connectivity index (χ4v) is 3.59. The van der Waals surface area contributed by atoms with Crippen LogP contribution in [-0.2, 0) is 19.7 Å². The summed E-state index contributed by atoms with van der Waals surface area (Å²) in [7, 11) is 0. The number of fused-ring (bicyclic) bond motifs is 2. The Morgan fingerprint density at radius 3 is 2.78 bits per heavy atom. The largest absolute Gasteiger partial charge is 0.494 e. The maximum absolute atomic E-state index is 12.6. The van der Waals surface area contributed by atoms with E-state index in [0.29, 0.717) is 32.3 Å². The Hall–Kier alpha value is -2.08. The minimum atomic E-state index is -0.962. The van der Waals surface area contributed by atoms with Crippen molar-refractivity contribution in [2.75, 3.05) is 18.5 Å². The van der Waals surface area contributed by atoms with Crippen LogP contribution < -0.4 is 10.1 Å². The van der Waals surface area contributed by atoms with Crippen molar-refractivity contribution >= 4 is 17.6 Å². The lowest BCUT2D eigenvalue weighted by molar-refractivity contribution is -0.145. The van der Waals surface area contributed by atoms with E-state index in [9.17, 15) is 9.59 Å². The number of benzene rings is 1. The fraction of sp³-hybridized carbons (Fsp3) is 0.529. The number of carboxylic acids is 1. The van der Waals surface area contributed by atoms with Crippen LogP contribution in [0.5, 0.6) is 5.75 Å². The Morgan fingerprint density at radius 1 is 1.39 bits per heavy atom. The van der Waals surface area contributed by atoms with Crippen LogP contribution in [0, 0.1) is 0 Å². The van der Waals surface area contributed by atoms with Crippen molar-refractivity contribution in [2.24, 2.45) is 0 Å². The summed E-state index contributed by atoms with van der Waals surface area (Å²) in [5.41, 5.74) is 1.31. The van der Waals surface area contributed by atoms with Crippen molar-refractivity contribution in [3.05, 3.63) is 23.8 Å². The first-order valence-electron chi connectivity index (χ1n) is 7.97. The third-order valence-electron chi connectivity index (χ3n) is 4.73. The summed E-state index contributed by atoms with van der Waals surface area (Å²) >= 11 is 0. The molecule has 1 spiro atoms. The van der Waals surface area contributed by atoms with Crippen molar-refractivity contribution in [1.29, 1.82) is 0 Å². The highest BCUT2D eigenvalue weighted by Gasteiger charge is 2.49. The number of amides is 1. The van der Waals surface area contributed by atoms with E-state index in [1.807, 2.05) is 25.1 Å². The maximum atomic E-state index is 12.6. The molecular weight excluding hydrogens is 298 g/mol. The number of aliphatic carboxylic acids is 1. The SMILES string of the molecule is CCOc1ccc2c(c1)C1(CCC(OCC(=O)O)CC1)C(=O)N2. The average molecular weight is 319 g/mol. The van der Waals surface area contributed by atoms with Crippen molar-refractivity contribution in [3.63, 3.8) is 0 Å². The standard InChI is InChI=1S/C17H21NO5/c1-2-22-12-3-4-14-13(9-12)17(16(21)18-14)7-5-11(6-8-17)23-10-15(19)20/h3-4,9,11H,2,5-8,10H2,1H3,(H,18,21)(H,19,20). The molecule has 3 rings (SSSR count). The van der Waals surface area contributed by atoms with E-state index < -0.39 is 11.4 Å². The zero-order chi connectivity index (χ0) is 16.4. The van der Waals surface area contributed by atoms with Gasteiger partial charge in [0.15, 0.2) is 0 Å². The van der Waals surface area contributed by atoms with Gasteiger partial charge in [0, 0.05) is 5.69 Å². The van der Waals surface area contributed by atoms with Gasteiger partial charge in [-0.25, -0.2) is 4.79 Å². The van der Waals surface area contributed by atoms with Gasteiger partial charge in [-0.1, -0.05) is 0 Å². The second-order valence-electron chi connectivity index (χ2n) is 6.08. The quantitative estimate of drug-likeness (QED) is 0.870. The Balaban J connectivity index is 1.77. The highest BCUT2D eigenvalue weighted by Crippen LogP contribution is 2.48. The first-order chi connectivity index (χ1) is 11.0. The molecule has 0 unspecified atom stereocenters. The molecule has 6 heteroatoms. The first-order valence-corrected chi connectivity index (χ1v) is 7.97. The Morgan fingerprint density at radius 2 is 2.13 bits per heavy atom. The molecule has 1 aromatic rings. The minimum Gasteiger partial charge on any atom is -0.494 e. The number of hydrogen-bond acceptors (Lipinski definition) is 4. The molecule has 1 saturated carbocycles. The lowest BCUT2D eigenvalue weighted by atomic mass is 9.69. The normalized spacial score (nSPS) is 26.0. The van der Waals surface area contributed by atoms with Gasteiger partial charge in [-0.15, -0.1) is 0 Å². The second-order valence-corrected chi connectivity index (χ2v) is 6.08. The highest BCUT2D eigenvalue weighted by molar-refractivity contribution is 6.06. The molecular formula is C17H21NO5. The molecule has 6 nitrogen and oxygen atoms in total. The van der Waals surface area contributed by atoms with Crippen molar-refractivity contribution in [3.8, 4) is 5.75 Å². The van der Waals surface area contributed by atoms with E-state index in [2.05, 4.69) is 5.32 Å². The van der Waals surface area contributed by atoms with Crippen LogP contribution in [-0.4, -0.2) is 36.3 Å². The molecule has 23 heavy (non-hydrogen) atoms. The summed E-state index contributed by atoms with van der Waals surface area (Å²) in [6, 6.07) is 5.71. The first kappa shape index (κ1) is 15.8. The molecule has 1 fully saturated rings. The molecule has 0 atom stereocenters. The van der Waals surface area contributed by atoms with Gasteiger partial charge in [0.25, 0.3) is 0 Å². The molecule has 0 aromatic heterocycles. The predicted molar refractivity (Wildman–Crippen MR) is 83.8 cm³/mol. The molecule has 2 N–H and O–H groups in total. The van der Waals surface area contributed by atoms with Crippen molar-refractivity contribution < 1.29 is 24.2 Å². The van der Waals surface area contributed by atoms with Crippen molar-refractivity contribution in [1.82, 2.24) is 0 Å². The molecule has 1 amide bonds. The van der Waals surface area contributed by atoms with E-state index in [0.717, 1.165) is 17.0 Å². The molecule has 1 aromatic carbocycles. The van der Waals surface area contributed by atoms with E-state index in [1.54, 1.807) is 0 Å². The topological polar surface area (TPSA) is 84.9 Å². The fourth-order valence-electron chi connectivity index (χ4n) is 3.59. The summed E-state index contributed by atoms with van der Waals surface area (Å²) in [6.07, 6.45) is 2.58. The minimum absolute atomic E-state index is 0.0258. The van der Waals surface area contributed by atoms with Gasteiger partial charge in [0.2, 0.25) is 5.91 Å². The average Bonchev–Trinajstić information content (AvgIpc) is 2.79. The smallest absolute Gasteiger partial charge is 0.329 e. The van der Waals surface area contributed by atoms with E-state index in [-0.39, 0.29) is 18.6 Å². The van der Waals surface area contributed by atoms with E-state index >= 15 is 0 Å². The van der Waals surface area contributed by atoms with Crippen LogP contribution in [0.1, 0.15) is 38.2 Å². The molecule has 1 aliphatic carbocycles. The molecule has 1 heterocycles. The molecule has 2 aliphatic rings. The monoisotopic (exact) mass is 319 g/mol. The third-order valence-corrected chi connectivity index (χ3v) is 4.73. The zero-order valence-electron chi connectivity index (χ0n) is 13.1. The van der Waals surface area contributed by atoms with Gasteiger partial charge >= 0.3 is 5.97 Å². The van der Waals surface area contributed by atoms with Gasteiger partial charge in [-0.3, -0.25) is 4.79 Å². The summed E-state index contributed by atoms with van der Waals surface area (Å²) in [5.74, 6) is -0.167. The number of hydrogen-bond donors (Lipinski definition) is 2. The lowest BCUT2D eigenvalue weighted by Gasteiger charge is -2.35. The van der Waals surface area contributed by atoms with Gasteiger partial charge in [0.05, 0.1) is 18.1 Å². The number of rotatable bonds is 5. The van der Waals surface area contributed by atoms with E-state index in [4.69, 9.17) is 14.6 Å². The molecule has 124 valence electrons. The van der Waals surface area contributed by atoms with Crippen molar-refractivity contribution in [2.45, 2.75) is 44.1 Å². The highest BCUT2D eigenvalue weighted by atomic mass is 16.5. The van der Waals surface area contributed by atoms with Crippen LogP contribution in [0.3, 0.4) is 0 Å². The summed E-state index contributed by atoms with van der Waals surface area (Å²) in [6.45, 7) is 2.23. The lowest BCUT2D eigenvalue weighted by Crippen LogP contribution is -2.40. The Kier molecular flexibility index (Phi) is 4.26. The Labute approximate surface area is 134 Å². The second kappa shape index (κ2) is 6.20.